The molecule has 1 aromatic rings. The summed E-state index contributed by atoms with van der Waals surface area (Å²) in [6.07, 6.45) is 1.88. The topological polar surface area (TPSA) is 46.5 Å². The Hall–Kier alpha value is 0.126. The van der Waals surface area contributed by atoms with E-state index in [9.17, 15) is 4.79 Å². The van der Waals surface area contributed by atoms with Crippen molar-refractivity contribution >= 4 is 57.4 Å². The Morgan fingerprint density at radius 3 is 2.47 bits per heavy atom. The molecule has 0 bridgehead atoms. The van der Waals surface area contributed by atoms with Crippen molar-refractivity contribution in [1.82, 2.24) is 0 Å². The summed E-state index contributed by atoms with van der Waals surface area (Å²) in [7, 11) is 0. The van der Waals surface area contributed by atoms with Crippen molar-refractivity contribution in [2.24, 2.45) is 0 Å². The molecule has 0 saturated heterocycles. The van der Waals surface area contributed by atoms with Gasteiger partial charge in [-0.3, -0.25) is 0 Å². The number of phenols is 1. The second kappa shape index (κ2) is 8.30. The SMILES string of the molecule is CCCCOC(=O)c1ccc(O)cc1.[KH]. The molecule has 1 rings (SSSR count). The predicted octanol–water partition coefficient (Wildman–Crippen LogP) is 1.70. The second-order valence-corrected chi connectivity index (χ2v) is 3.04. The van der Waals surface area contributed by atoms with E-state index in [1.165, 1.54) is 12.1 Å². The molecule has 0 heterocycles. The molecule has 0 unspecified atom stereocenters. The first-order chi connectivity index (χ1) is 6.74. The van der Waals surface area contributed by atoms with Crippen LogP contribution < -0.4 is 0 Å². The number of aromatic hydroxyl groups is 1. The summed E-state index contributed by atoms with van der Waals surface area (Å²) in [6.45, 7) is 2.49. The van der Waals surface area contributed by atoms with Crippen LogP contribution in [0.15, 0.2) is 24.3 Å². The zero-order valence-corrected chi connectivity index (χ0v) is 8.19. The quantitative estimate of drug-likeness (QED) is 0.490. The molecule has 15 heavy (non-hydrogen) atoms. The number of hydrogen-bond acceptors (Lipinski definition) is 3. The van der Waals surface area contributed by atoms with Crippen molar-refractivity contribution in [1.29, 1.82) is 0 Å². The summed E-state index contributed by atoms with van der Waals surface area (Å²) < 4.78 is 4.99. The normalized spacial score (nSPS) is 9.13. The molecule has 0 radical (unpaired) electrons. The van der Waals surface area contributed by atoms with Crippen molar-refractivity contribution < 1.29 is 14.6 Å². The van der Waals surface area contributed by atoms with E-state index >= 15 is 0 Å². The van der Waals surface area contributed by atoms with Crippen LogP contribution in [0.5, 0.6) is 5.75 Å². The Labute approximate surface area is 132 Å². The van der Waals surface area contributed by atoms with E-state index < -0.39 is 0 Å². The summed E-state index contributed by atoms with van der Waals surface area (Å²) in [6, 6.07) is 6.03. The number of rotatable bonds is 4. The van der Waals surface area contributed by atoms with E-state index in [0.29, 0.717) is 12.2 Å². The average Bonchev–Trinajstić information content (AvgIpc) is 2.19. The number of unbranched alkanes of at least 4 members (excludes halogenated alkanes) is 1. The fourth-order valence-electron chi connectivity index (χ4n) is 0.990. The molecule has 0 aliphatic carbocycles. The minimum absolute atomic E-state index is 0. The van der Waals surface area contributed by atoms with Crippen LogP contribution in [-0.2, 0) is 4.74 Å². The third-order valence-corrected chi connectivity index (χ3v) is 1.83. The van der Waals surface area contributed by atoms with E-state index in [1.807, 2.05) is 6.92 Å². The van der Waals surface area contributed by atoms with Crippen molar-refractivity contribution in [3.05, 3.63) is 29.8 Å². The van der Waals surface area contributed by atoms with Crippen molar-refractivity contribution in [3.8, 4) is 5.75 Å². The molecule has 0 aliphatic heterocycles. The van der Waals surface area contributed by atoms with Gasteiger partial charge in [-0.25, -0.2) is 4.79 Å². The average molecular weight is 234 g/mol. The number of carbonyl (C=O) groups excluding carboxylic acids is 1. The Bertz CT molecular complexity index is 295. The first kappa shape index (κ1) is 15.1. The van der Waals surface area contributed by atoms with E-state index in [0.717, 1.165) is 12.8 Å². The number of hydrogen-bond donors (Lipinski definition) is 1. The second-order valence-electron chi connectivity index (χ2n) is 3.04. The van der Waals surface area contributed by atoms with Gasteiger partial charge in [0.25, 0.3) is 0 Å². The van der Waals surface area contributed by atoms with Gasteiger partial charge in [0.05, 0.1) is 12.2 Å². The van der Waals surface area contributed by atoms with Gasteiger partial charge in [-0.1, -0.05) is 13.3 Å². The van der Waals surface area contributed by atoms with Gasteiger partial charge in [-0.05, 0) is 30.7 Å². The van der Waals surface area contributed by atoms with Gasteiger partial charge in [-0.2, -0.15) is 0 Å². The van der Waals surface area contributed by atoms with Crippen LogP contribution in [0.25, 0.3) is 0 Å². The molecule has 0 saturated carbocycles. The van der Waals surface area contributed by atoms with Gasteiger partial charge in [0.15, 0.2) is 0 Å². The zero-order valence-electron chi connectivity index (χ0n) is 8.19. The molecule has 0 spiro atoms. The zero-order chi connectivity index (χ0) is 10.4. The molecule has 4 heteroatoms. The Morgan fingerprint density at radius 2 is 1.93 bits per heavy atom. The molecule has 0 amide bonds. The van der Waals surface area contributed by atoms with Crippen molar-refractivity contribution in [2.75, 3.05) is 6.61 Å². The van der Waals surface area contributed by atoms with E-state index in [-0.39, 0.29) is 63.1 Å². The van der Waals surface area contributed by atoms with E-state index in [2.05, 4.69) is 0 Å². The summed E-state index contributed by atoms with van der Waals surface area (Å²) in [4.78, 5) is 11.3. The summed E-state index contributed by atoms with van der Waals surface area (Å²) in [5.74, 6) is -0.187. The van der Waals surface area contributed by atoms with Gasteiger partial charge in [0, 0.05) is 0 Å². The molecular weight excluding hydrogens is 219 g/mol. The van der Waals surface area contributed by atoms with Crippen LogP contribution in [0.3, 0.4) is 0 Å². The fraction of sp³-hybridized carbons (Fsp3) is 0.364. The molecule has 3 nitrogen and oxygen atoms in total. The first-order valence-electron chi connectivity index (χ1n) is 4.70. The molecule has 0 aromatic heterocycles. The predicted molar refractivity (Wildman–Crippen MR) is 60.4 cm³/mol. The maximum absolute atomic E-state index is 11.3. The van der Waals surface area contributed by atoms with Crippen molar-refractivity contribution in [2.45, 2.75) is 19.8 Å². The Kier molecular flexibility index (Phi) is 8.37. The maximum atomic E-state index is 11.3. The molecular formula is C11H15KO3. The van der Waals surface area contributed by atoms with Crippen LogP contribution in [-0.4, -0.2) is 69.1 Å². The number of phenolic OH excluding ortho intramolecular Hbond substituents is 1. The van der Waals surface area contributed by atoms with Gasteiger partial charge in [0.1, 0.15) is 5.75 Å². The van der Waals surface area contributed by atoms with Crippen LogP contribution >= 0.6 is 0 Å². The standard InChI is InChI=1S/C11H14O3.K.H/c1-2-3-8-14-11(13)9-4-6-10(12)7-5-9;;/h4-7,12H,2-3,8H2,1H3;;. The molecule has 0 atom stereocenters. The van der Waals surface area contributed by atoms with Crippen LogP contribution in [0.2, 0.25) is 0 Å². The fourth-order valence-corrected chi connectivity index (χ4v) is 0.990. The molecule has 1 aromatic carbocycles. The van der Waals surface area contributed by atoms with Crippen molar-refractivity contribution in [3.63, 3.8) is 0 Å². The first-order valence-corrected chi connectivity index (χ1v) is 4.70. The van der Waals surface area contributed by atoms with Gasteiger partial charge >= 0.3 is 57.4 Å². The summed E-state index contributed by atoms with van der Waals surface area (Å²) in [5.41, 5.74) is 0.471. The van der Waals surface area contributed by atoms with Gasteiger partial charge in [0.2, 0.25) is 0 Å². The summed E-state index contributed by atoms with van der Waals surface area (Å²) in [5, 5.41) is 9.00. The third kappa shape index (κ3) is 5.68. The molecule has 78 valence electrons. The summed E-state index contributed by atoms with van der Waals surface area (Å²) >= 11 is 0. The van der Waals surface area contributed by atoms with Gasteiger partial charge < -0.3 is 9.84 Å². The molecule has 1 N–H and O–H groups in total. The molecule has 0 fully saturated rings. The van der Waals surface area contributed by atoms with E-state index in [4.69, 9.17) is 9.84 Å². The van der Waals surface area contributed by atoms with Crippen LogP contribution in [0, 0.1) is 0 Å². The van der Waals surface area contributed by atoms with Crippen LogP contribution in [0.4, 0.5) is 0 Å². The number of esters is 1. The Morgan fingerprint density at radius 1 is 1.33 bits per heavy atom. The van der Waals surface area contributed by atoms with E-state index in [1.54, 1.807) is 12.1 Å². The monoisotopic (exact) mass is 234 g/mol. The number of carbonyl (C=O) groups is 1. The third-order valence-electron chi connectivity index (χ3n) is 1.83. The Balaban J connectivity index is 0.00000196. The molecule has 0 aliphatic rings. The number of benzene rings is 1. The van der Waals surface area contributed by atoms with Gasteiger partial charge in [-0.15, -0.1) is 0 Å². The minimum atomic E-state index is -0.335. The van der Waals surface area contributed by atoms with Crippen LogP contribution in [0.1, 0.15) is 30.1 Å². The number of ether oxygens (including phenoxy) is 1.